The molecule has 1 atom stereocenters. The fourth-order valence-electron chi connectivity index (χ4n) is 2.02. The molecule has 0 aliphatic heterocycles. The molecule has 0 fully saturated rings. The fraction of sp³-hybridized carbons (Fsp3) is 0.200. The van der Waals surface area contributed by atoms with E-state index in [-0.39, 0.29) is 0 Å². The topological polar surface area (TPSA) is 55.4 Å². The minimum atomic E-state index is -5.00. The van der Waals surface area contributed by atoms with Crippen LogP contribution in [-0.4, -0.2) is 14.8 Å². The maximum Gasteiger partial charge on any atom is 0.573 e. The molecule has 130 valence electrons. The van der Waals surface area contributed by atoms with E-state index in [9.17, 15) is 21.6 Å². The first-order chi connectivity index (χ1) is 11.1. The zero-order chi connectivity index (χ0) is 18.0. The van der Waals surface area contributed by atoms with Crippen LogP contribution in [0.15, 0.2) is 53.4 Å². The van der Waals surface area contributed by atoms with Crippen molar-refractivity contribution in [3.8, 4) is 5.75 Å². The molecule has 0 aromatic heterocycles. The summed E-state index contributed by atoms with van der Waals surface area (Å²) in [6, 6.07) is 10.3. The van der Waals surface area contributed by atoms with Crippen molar-refractivity contribution in [2.45, 2.75) is 24.2 Å². The van der Waals surface area contributed by atoms with Crippen LogP contribution in [0.3, 0.4) is 0 Å². The molecule has 0 saturated carbocycles. The van der Waals surface area contributed by atoms with Crippen LogP contribution in [0, 0.1) is 0 Å². The smallest absolute Gasteiger partial charge is 0.404 e. The van der Waals surface area contributed by atoms with E-state index < -0.39 is 33.1 Å². The quantitative estimate of drug-likeness (QED) is 0.843. The summed E-state index contributed by atoms with van der Waals surface area (Å²) in [4.78, 5) is -0.601. The number of sulfonamides is 1. The Morgan fingerprint density at radius 1 is 1.12 bits per heavy atom. The summed E-state index contributed by atoms with van der Waals surface area (Å²) in [5.74, 6) is -0.796. The highest BCUT2D eigenvalue weighted by molar-refractivity contribution is 7.89. The third-order valence-electron chi connectivity index (χ3n) is 3.04. The van der Waals surface area contributed by atoms with Crippen LogP contribution in [0.1, 0.15) is 18.5 Å². The van der Waals surface area contributed by atoms with Gasteiger partial charge >= 0.3 is 6.36 Å². The second-order valence-electron chi connectivity index (χ2n) is 4.89. The Bertz CT molecular complexity index is 825. The van der Waals surface area contributed by atoms with E-state index in [0.717, 1.165) is 12.1 Å². The predicted octanol–water partition coefficient (Wildman–Crippen LogP) is 4.28. The number of benzene rings is 2. The number of para-hydroxylation sites is 1. The molecular formula is C15H13ClF3NO3S. The summed E-state index contributed by atoms with van der Waals surface area (Å²) < 4.78 is 68.2. The van der Waals surface area contributed by atoms with Crippen molar-refractivity contribution in [1.82, 2.24) is 4.72 Å². The first-order valence-corrected chi connectivity index (χ1v) is 8.57. The molecule has 0 heterocycles. The van der Waals surface area contributed by atoms with Gasteiger partial charge in [-0.3, -0.25) is 0 Å². The molecule has 2 aromatic rings. The molecule has 9 heteroatoms. The van der Waals surface area contributed by atoms with Crippen molar-refractivity contribution < 1.29 is 26.3 Å². The van der Waals surface area contributed by atoms with Crippen LogP contribution in [-0.2, 0) is 10.0 Å². The maximum absolute atomic E-state index is 12.4. The second kappa shape index (κ2) is 7.00. The number of hydrogen-bond donors (Lipinski definition) is 1. The summed E-state index contributed by atoms with van der Waals surface area (Å²) in [7, 11) is -4.24. The van der Waals surface area contributed by atoms with Crippen molar-refractivity contribution in [2.24, 2.45) is 0 Å². The van der Waals surface area contributed by atoms with Gasteiger partial charge in [-0.25, -0.2) is 13.1 Å². The number of nitrogens with one attached hydrogen (secondary N) is 1. The zero-order valence-electron chi connectivity index (χ0n) is 12.3. The highest BCUT2D eigenvalue weighted by atomic mass is 35.5. The lowest BCUT2D eigenvalue weighted by molar-refractivity contribution is -0.275. The summed E-state index contributed by atoms with van der Waals surface area (Å²) in [5.41, 5.74) is 0.570. The molecule has 0 spiro atoms. The molecule has 2 aromatic carbocycles. The van der Waals surface area contributed by atoms with Crippen LogP contribution in [0.2, 0.25) is 5.02 Å². The average molecular weight is 380 g/mol. The molecule has 2 rings (SSSR count). The lowest BCUT2D eigenvalue weighted by atomic mass is 10.1. The minimum Gasteiger partial charge on any atom is -0.404 e. The largest absolute Gasteiger partial charge is 0.573 e. The molecule has 0 aliphatic carbocycles. The maximum atomic E-state index is 12.4. The van der Waals surface area contributed by atoms with Crippen LogP contribution >= 0.6 is 11.6 Å². The lowest BCUT2D eigenvalue weighted by Gasteiger charge is -2.17. The standard InChI is InChI=1S/C15H13ClF3NO3S/c1-10(11-5-4-6-12(16)9-11)20-24(21,22)14-8-3-2-7-13(14)23-15(17,18)19/h2-10,20H,1H3/t10-/m1/s1. The van der Waals surface area contributed by atoms with Gasteiger partial charge in [-0.15, -0.1) is 13.2 Å². The van der Waals surface area contributed by atoms with Gasteiger partial charge in [0, 0.05) is 11.1 Å². The van der Waals surface area contributed by atoms with Crippen molar-refractivity contribution in [2.75, 3.05) is 0 Å². The van der Waals surface area contributed by atoms with E-state index in [1.54, 1.807) is 31.2 Å². The normalized spacial score (nSPS) is 13.5. The highest BCUT2D eigenvalue weighted by Gasteiger charge is 2.34. The Hall–Kier alpha value is -1.77. The second-order valence-corrected chi connectivity index (χ2v) is 7.01. The molecule has 0 unspecified atom stereocenters. The van der Waals surface area contributed by atoms with Gasteiger partial charge in [0.1, 0.15) is 10.6 Å². The van der Waals surface area contributed by atoms with Gasteiger partial charge in [-0.05, 0) is 36.8 Å². The van der Waals surface area contributed by atoms with Crippen LogP contribution < -0.4 is 9.46 Å². The Kier molecular flexibility index (Phi) is 5.42. The number of halogens is 4. The molecule has 4 nitrogen and oxygen atoms in total. The van der Waals surface area contributed by atoms with Gasteiger partial charge in [0.2, 0.25) is 10.0 Å². The third kappa shape index (κ3) is 4.86. The molecule has 1 N–H and O–H groups in total. The van der Waals surface area contributed by atoms with Crippen LogP contribution in [0.4, 0.5) is 13.2 Å². The van der Waals surface area contributed by atoms with Crippen LogP contribution in [0.25, 0.3) is 0 Å². The molecule has 0 amide bonds. The Labute approximate surface area is 142 Å². The van der Waals surface area contributed by atoms with Gasteiger partial charge < -0.3 is 4.74 Å². The number of hydrogen-bond acceptors (Lipinski definition) is 3. The van der Waals surface area contributed by atoms with Crippen molar-refractivity contribution in [3.05, 3.63) is 59.1 Å². The number of alkyl halides is 3. The van der Waals surface area contributed by atoms with E-state index >= 15 is 0 Å². The SMILES string of the molecule is C[C@@H](NS(=O)(=O)c1ccccc1OC(F)(F)F)c1cccc(Cl)c1. The zero-order valence-corrected chi connectivity index (χ0v) is 13.9. The van der Waals surface area contributed by atoms with E-state index in [0.29, 0.717) is 10.6 Å². The average Bonchev–Trinajstić information content (AvgIpc) is 2.45. The van der Waals surface area contributed by atoms with E-state index in [2.05, 4.69) is 9.46 Å². The summed E-state index contributed by atoms with van der Waals surface area (Å²) in [5, 5.41) is 0.416. The van der Waals surface area contributed by atoms with Gasteiger partial charge in [0.25, 0.3) is 0 Å². The Morgan fingerprint density at radius 2 is 1.79 bits per heavy atom. The monoisotopic (exact) mass is 379 g/mol. The first-order valence-electron chi connectivity index (χ1n) is 6.71. The summed E-state index contributed by atoms with van der Waals surface area (Å²) in [6.45, 7) is 1.55. The first kappa shape index (κ1) is 18.6. The third-order valence-corrected chi connectivity index (χ3v) is 4.86. The summed E-state index contributed by atoms with van der Waals surface area (Å²) >= 11 is 5.85. The van der Waals surface area contributed by atoms with Gasteiger partial charge in [0.15, 0.2) is 0 Å². The summed E-state index contributed by atoms with van der Waals surface area (Å²) in [6.07, 6.45) is -5.00. The minimum absolute atomic E-state index is 0.416. The predicted molar refractivity (Wildman–Crippen MR) is 83.3 cm³/mol. The number of ether oxygens (including phenoxy) is 1. The van der Waals surface area contributed by atoms with Crippen LogP contribution in [0.5, 0.6) is 5.75 Å². The molecule has 24 heavy (non-hydrogen) atoms. The molecule has 0 saturated heterocycles. The molecule has 0 aliphatic rings. The fourth-order valence-corrected chi connectivity index (χ4v) is 3.58. The van der Waals surface area contributed by atoms with Crippen molar-refractivity contribution in [3.63, 3.8) is 0 Å². The van der Waals surface area contributed by atoms with Crippen molar-refractivity contribution >= 4 is 21.6 Å². The van der Waals surface area contributed by atoms with Gasteiger partial charge in [-0.1, -0.05) is 35.9 Å². The van der Waals surface area contributed by atoms with E-state index in [1.807, 2.05) is 0 Å². The Balaban J connectivity index is 2.31. The van der Waals surface area contributed by atoms with E-state index in [1.165, 1.54) is 12.1 Å². The highest BCUT2D eigenvalue weighted by Crippen LogP contribution is 2.30. The molecule has 0 radical (unpaired) electrons. The lowest BCUT2D eigenvalue weighted by Crippen LogP contribution is -2.28. The van der Waals surface area contributed by atoms with Crippen molar-refractivity contribution in [1.29, 1.82) is 0 Å². The van der Waals surface area contributed by atoms with Gasteiger partial charge in [-0.2, -0.15) is 0 Å². The molecular weight excluding hydrogens is 367 g/mol. The Morgan fingerprint density at radius 3 is 2.42 bits per heavy atom. The number of rotatable bonds is 5. The molecule has 0 bridgehead atoms. The van der Waals surface area contributed by atoms with Gasteiger partial charge in [0.05, 0.1) is 0 Å². The van der Waals surface area contributed by atoms with E-state index in [4.69, 9.17) is 11.6 Å².